The molecule has 0 atom stereocenters. The number of hydrogen-bond acceptors (Lipinski definition) is 4. The molecular formula is C18H23N3OS. The van der Waals surface area contributed by atoms with Crippen LogP contribution < -0.4 is 10.2 Å². The van der Waals surface area contributed by atoms with E-state index in [0.717, 1.165) is 38.3 Å². The highest BCUT2D eigenvalue weighted by Gasteiger charge is 2.17. The molecule has 1 saturated heterocycles. The largest absolute Gasteiger partial charge is 0.369 e. The lowest BCUT2D eigenvalue weighted by molar-refractivity contribution is 0.0948. The molecule has 4 nitrogen and oxygen atoms in total. The third-order valence-electron chi connectivity index (χ3n) is 4.24. The first kappa shape index (κ1) is 16.0. The van der Waals surface area contributed by atoms with Gasteiger partial charge >= 0.3 is 0 Å². The SMILES string of the molecule is Cc1cccc(N2CCN(CCNC(=O)c3ccsc3)CC2)c1. The minimum absolute atomic E-state index is 0.0321. The maximum atomic E-state index is 11.9. The van der Waals surface area contributed by atoms with Gasteiger partial charge in [-0.05, 0) is 36.1 Å². The molecule has 1 aromatic carbocycles. The Morgan fingerprint density at radius 3 is 2.74 bits per heavy atom. The highest BCUT2D eigenvalue weighted by molar-refractivity contribution is 7.08. The molecule has 1 amide bonds. The average Bonchev–Trinajstić information content (AvgIpc) is 3.10. The molecular weight excluding hydrogens is 306 g/mol. The Hall–Kier alpha value is -1.85. The molecule has 0 aliphatic carbocycles. The Labute approximate surface area is 141 Å². The summed E-state index contributed by atoms with van der Waals surface area (Å²) in [4.78, 5) is 16.7. The van der Waals surface area contributed by atoms with Gasteiger partial charge in [0.25, 0.3) is 5.91 Å². The molecule has 0 saturated carbocycles. The Morgan fingerprint density at radius 1 is 1.22 bits per heavy atom. The molecule has 1 aliphatic heterocycles. The molecule has 2 aromatic rings. The molecule has 1 N–H and O–H groups in total. The highest BCUT2D eigenvalue weighted by atomic mass is 32.1. The van der Waals surface area contributed by atoms with Gasteiger partial charge < -0.3 is 10.2 Å². The normalized spacial score (nSPS) is 15.6. The predicted molar refractivity (Wildman–Crippen MR) is 96.5 cm³/mol. The lowest BCUT2D eigenvalue weighted by Crippen LogP contribution is -2.48. The zero-order valence-corrected chi connectivity index (χ0v) is 14.3. The number of thiophene rings is 1. The monoisotopic (exact) mass is 329 g/mol. The maximum Gasteiger partial charge on any atom is 0.252 e. The van der Waals surface area contributed by atoms with E-state index >= 15 is 0 Å². The van der Waals surface area contributed by atoms with Crippen LogP contribution in [-0.2, 0) is 0 Å². The van der Waals surface area contributed by atoms with Crippen molar-refractivity contribution in [2.45, 2.75) is 6.92 Å². The minimum atomic E-state index is 0.0321. The number of hydrogen-bond donors (Lipinski definition) is 1. The summed E-state index contributed by atoms with van der Waals surface area (Å²) in [5, 5.41) is 6.81. The number of aryl methyl sites for hydroxylation is 1. The number of amides is 1. The van der Waals surface area contributed by atoms with Gasteiger partial charge in [0, 0.05) is 55.9 Å². The lowest BCUT2D eigenvalue weighted by atomic mass is 10.2. The quantitative estimate of drug-likeness (QED) is 0.916. The van der Waals surface area contributed by atoms with Crippen LogP contribution in [0.4, 0.5) is 5.69 Å². The van der Waals surface area contributed by atoms with Crippen molar-refractivity contribution < 1.29 is 4.79 Å². The molecule has 1 aliphatic rings. The second-order valence-corrected chi connectivity index (χ2v) is 6.72. The van der Waals surface area contributed by atoms with Gasteiger partial charge in [0.2, 0.25) is 0 Å². The summed E-state index contributed by atoms with van der Waals surface area (Å²) in [7, 11) is 0. The van der Waals surface area contributed by atoms with Gasteiger partial charge in [0.05, 0.1) is 0 Å². The molecule has 0 radical (unpaired) electrons. The number of piperazine rings is 1. The summed E-state index contributed by atoms with van der Waals surface area (Å²) in [6.07, 6.45) is 0. The first-order chi connectivity index (χ1) is 11.2. The molecule has 23 heavy (non-hydrogen) atoms. The summed E-state index contributed by atoms with van der Waals surface area (Å²) in [6.45, 7) is 7.93. The van der Waals surface area contributed by atoms with Crippen LogP contribution in [-0.4, -0.2) is 50.1 Å². The van der Waals surface area contributed by atoms with Crippen LogP contribution in [0.15, 0.2) is 41.1 Å². The fraction of sp³-hybridized carbons (Fsp3) is 0.389. The van der Waals surface area contributed by atoms with Gasteiger partial charge in [0.15, 0.2) is 0 Å². The predicted octanol–water partition coefficient (Wildman–Crippen LogP) is 2.61. The van der Waals surface area contributed by atoms with Crippen molar-refractivity contribution in [2.24, 2.45) is 0 Å². The van der Waals surface area contributed by atoms with Gasteiger partial charge in [-0.3, -0.25) is 9.69 Å². The second kappa shape index (κ2) is 7.62. The average molecular weight is 329 g/mol. The smallest absolute Gasteiger partial charge is 0.252 e. The fourth-order valence-corrected chi connectivity index (χ4v) is 3.51. The Balaban J connectivity index is 1.40. The van der Waals surface area contributed by atoms with Crippen molar-refractivity contribution in [1.82, 2.24) is 10.2 Å². The van der Waals surface area contributed by atoms with Crippen LogP contribution in [0.2, 0.25) is 0 Å². The maximum absolute atomic E-state index is 11.9. The van der Waals surface area contributed by atoms with Gasteiger partial charge in [0.1, 0.15) is 0 Å². The van der Waals surface area contributed by atoms with Crippen molar-refractivity contribution in [2.75, 3.05) is 44.2 Å². The summed E-state index contributed by atoms with van der Waals surface area (Å²) in [5.41, 5.74) is 3.38. The van der Waals surface area contributed by atoms with E-state index in [1.54, 1.807) is 11.3 Å². The molecule has 1 aromatic heterocycles. The van der Waals surface area contributed by atoms with E-state index in [2.05, 4.69) is 46.3 Å². The van der Waals surface area contributed by atoms with Crippen LogP contribution in [0.25, 0.3) is 0 Å². The van der Waals surface area contributed by atoms with E-state index in [4.69, 9.17) is 0 Å². The summed E-state index contributed by atoms with van der Waals surface area (Å²) < 4.78 is 0. The summed E-state index contributed by atoms with van der Waals surface area (Å²) >= 11 is 1.55. The van der Waals surface area contributed by atoms with Gasteiger partial charge in [-0.2, -0.15) is 11.3 Å². The Kier molecular flexibility index (Phi) is 5.31. The molecule has 3 rings (SSSR count). The third kappa shape index (κ3) is 4.33. The molecule has 0 unspecified atom stereocenters. The van der Waals surface area contributed by atoms with Crippen molar-refractivity contribution >= 4 is 22.9 Å². The number of anilines is 1. The first-order valence-corrected chi connectivity index (χ1v) is 9.01. The zero-order chi connectivity index (χ0) is 16.1. The van der Waals surface area contributed by atoms with E-state index < -0.39 is 0 Å². The second-order valence-electron chi connectivity index (χ2n) is 5.94. The fourth-order valence-electron chi connectivity index (χ4n) is 2.88. The number of nitrogens with one attached hydrogen (secondary N) is 1. The van der Waals surface area contributed by atoms with Crippen molar-refractivity contribution in [1.29, 1.82) is 0 Å². The Morgan fingerprint density at radius 2 is 2.04 bits per heavy atom. The van der Waals surface area contributed by atoms with Gasteiger partial charge in [-0.15, -0.1) is 0 Å². The Bertz CT molecular complexity index is 633. The van der Waals surface area contributed by atoms with E-state index in [0.29, 0.717) is 6.54 Å². The number of carbonyl (C=O) groups excluding carboxylic acids is 1. The van der Waals surface area contributed by atoms with E-state index in [1.807, 2.05) is 16.8 Å². The van der Waals surface area contributed by atoms with Crippen LogP contribution >= 0.6 is 11.3 Å². The number of rotatable bonds is 5. The summed E-state index contributed by atoms with van der Waals surface area (Å²) in [6, 6.07) is 10.5. The molecule has 2 heterocycles. The number of benzene rings is 1. The van der Waals surface area contributed by atoms with Crippen molar-refractivity contribution in [3.63, 3.8) is 0 Å². The van der Waals surface area contributed by atoms with E-state index in [9.17, 15) is 4.79 Å². The van der Waals surface area contributed by atoms with Crippen molar-refractivity contribution in [3.8, 4) is 0 Å². The first-order valence-electron chi connectivity index (χ1n) is 8.07. The minimum Gasteiger partial charge on any atom is -0.369 e. The van der Waals surface area contributed by atoms with Gasteiger partial charge in [-0.25, -0.2) is 0 Å². The number of carbonyl (C=O) groups is 1. The van der Waals surface area contributed by atoms with Crippen LogP contribution in [0, 0.1) is 6.92 Å². The van der Waals surface area contributed by atoms with Crippen LogP contribution in [0.5, 0.6) is 0 Å². The summed E-state index contributed by atoms with van der Waals surface area (Å²) in [5.74, 6) is 0.0321. The van der Waals surface area contributed by atoms with Gasteiger partial charge in [-0.1, -0.05) is 12.1 Å². The third-order valence-corrected chi connectivity index (χ3v) is 4.92. The molecule has 1 fully saturated rings. The van der Waals surface area contributed by atoms with E-state index in [-0.39, 0.29) is 5.91 Å². The van der Waals surface area contributed by atoms with E-state index in [1.165, 1.54) is 11.3 Å². The number of nitrogens with zero attached hydrogens (tertiary/aromatic N) is 2. The van der Waals surface area contributed by atoms with Crippen LogP contribution in [0.1, 0.15) is 15.9 Å². The standard InChI is InChI=1S/C18H23N3OS/c1-15-3-2-4-17(13-15)21-10-8-20(9-11-21)7-6-19-18(22)16-5-12-23-14-16/h2-5,12-14H,6-11H2,1H3,(H,19,22). The lowest BCUT2D eigenvalue weighted by Gasteiger charge is -2.36. The molecule has 0 spiro atoms. The highest BCUT2D eigenvalue weighted by Crippen LogP contribution is 2.17. The molecule has 5 heteroatoms. The molecule has 122 valence electrons. The molecule has 0 bridgehead atoms. The van der Waals surface area contributed by atoms with Crippen molar-refractivity contribution in [3.05, 3.63) is 52.2 Å². The zero-order valence-electron chi connectivity index (χ0n) is 13.5. The topological polar surface area (TPSA) is 35.6 Å². The van der Waals surface area contributed by atoms with Crippen LogP contribution in [0.3, 0.4) is 0 Å².